The van der Waals surface area contributed by atoms with E-state index in [-0.39, 0.29) is 21.8 Å². The summed E-state index contributed by atoms with van der Waals surface area (Å²) in [5.41, 5.74) is 2.56. The lowest BCUT2D eigenvalue weighted by atomic mass is 9.97. The van der Waals surface area contributed by atoms with Crippen molar-refractivity contribution in [3.05, 3.63) is 59.8 Å². The molecule has 1 amide bonds. The molecule has 1 aromatic carbocycles. The number of aryl methyl sites for hydroxylation is 1. The molecule has 0 radical (unpaired) electrons. The molecular formula is C29H37N5O4S. The molecular weight excluding hydrogens is 514 g/mol. The van der Waals surface area contributed by atoms with Gasteiger partial charge in [-0.3, -0.25) is 4.79 Å². The molecule has 4 rings (SSSR count). The molecule has 9 nitrogen and oxygen atoms in total. The second-order valence-corrected chi connectivity index (χ2v) is 12.5. The third-order valence-corrected chi connectivity index (χ3v) is 8.40. The molecule has 1 N–H and O–H groups in total. The number of nitrogens with zero attached hydrogens (tertiary/aromatic N) is 4. The van der Waals surface area contributed by atoms with E-state index in [1.54, 1.807) is 38.2 Å². The molecule has 1 aliphatic rings. The molecule has 208 valence electrons. The fourth-order valence-corrected chi connectivity index (χ4v) is 6.44. The Kier molecular flexibility index (Phi) is 7.88. The lowest BCUT2D eigenvalue weighted by molar-refractivity contribution is 0.0981. The summed E-state index contributed by atoms with van der Waals surface area (Å²) in [6, 6.07) is 12.3. The third kappa shape index (κ3) is 5.85. The van der Waals surface area contributed by atoms with E-state index in [1.165, 1.54) is 18.3 Å². The molecule has 1 saturated heterocycles. The summed E-state index contributed by atoms with van der Waals surface area (Å²) in [4.78, 5) is 26.4. The number of carbonyl (C=O) groups is 1. The Bertz CT molecular complexity index is 1460. The highest BCUT2D eigenvalue weighted by Crippen LogP contribution is 2.39. The van der Waals surface area contributed by atoms with Gasteiger partial charge in [-0.05, 0) is 80.6 Å². The van der Waals surface area contributed by atoms with E-state index in [0.717, 1.165) is 29.7 Å². The Balaban J connectivity index is 1.81. The Morgan fingerprint density at radius 2 is 1.95 bits per heavy atom. The van der Waals surface area contributed by atoms with Crippen LogP contribution < -0.4 is 19.3 Å². The van der Waals surface area contributed by atoms with Gasteiger partial charge in [-0.15, -0.1) is 0 Å². The van der Waals surface area contributed by atoms with Crippen LogP contribution in [0.1, 0.15) is 50.0 Å². The number of ether oxygens (including phenoxy) is 1. The number of hydrogen-bond acceptors (Lipinski definition) is 8. The average Bonchev–Trinajstić information content (AvgIpc) is 3.18. The molecule has 1 fully saturated rings. The minimum absolute atomic E-state index is 0.0759. The summed E-state index contributed by atoms with van der Waals surface area (Å²) in [5.74, 6) is 1.06. The number of amides is 1. The maximum absolute atomic E-state index is 13.6. The van der Waals surface area contributed by atoms with Gasteiger partial charge in [0.15, 0.2) is 0 Å². The monoisotopic (exact) mass is 551 g/mol. The van der Waals surface area contributed by atoms with Crippen molar-refractivity contribution < 1.29 is 17.9 Å². The summed E-state index contributed by atoms with van der Waals surface area (Å²) in [5, 5.41) is 0. The van der Waals surface area contributed by atoms with Crippen LogP contribution in [-0.4, -0.2) is 57.6 Å². The normalized spacial score (nSPS) is 16.7. The minimum Gasteiger partial charge on any atom is -0.497 e. The standard InChI is InChI=1S/C29H37N5O4S/c1-8-20-14-21(16-22(15-20)38-7)24-12-11-23(26(31-24)34-18-19(2)17-29(34,3)4)28(35)32-39(36,37)25-10-9-13-30-27(25)33(5)6/h9-16,19H,8,17-18H2,1-7H3,(H,32,35)/t19-/m0/s1. The second kappa shape index (κ2) is 10.8. The van der Waals surface area contributed by atoms with Crippen molar-refractivity contribution in [2.75, 3.05) is 37.5 Å². The van der Waals surface area contributed by atoms with Gasteiger partial charge < -0.3 is 14.5 Å². The number of rotatable bonds is 8. The zero-order valence-corrected chi connectivity index (χ0v) is 24.5. The molecule has 0 unspecified atom stereocenters. The third-order valence-electron chi connectivity index (χ3n) is 7.05. The van der Waals surface area contributed by atoms with E-state index in [0.29, 0.717) is 24.0 Å². The molecule has 3 aromatic rings. The van der Waals surface area contributed by atoms with E-state index >= 15 is 0 Å². The number of benzene rings is 1. The Labute approximate surface area is 231 Å². The fraction of sp³-hybridized carbons (Fsp3) is 0.414. The SMILES string of the molecule is CCc1cc(OC)cc(-c2ccc(C(=O)NS(=O)(=O)c3cccnc3N(C)C)c(N3C[C@@H](C)CC3(C)C)n2)c1. The second-order valence-electron chi connectivity index (χ2n) is 10.9. The van der Waals surface area contributed by atoms with Gasteiger partial charge in [0.2, 0.25) is 0 Å². The van der Waals surface area contributed by atoms with E-state index in [9.17, 15) is 13.2 Å². The summed E-state index contributed by atoms with van der Waals surface area (Å²) in [7, 11) is 0.813. The van der Waals surface area contributed by atoms with E-state index in [2.05, 4.69) is 48.4 Å². The number of pyridine rings is 2. The highest BCUT2D eigenvalue weighted by atomic mass is 32.2. The molecule has 0 aliphatic carbocycles. The molecule has 39 heavy (non-hydrogen) atoms. The van der Waals surface area contributed by atoms with Crippen LogP contribution in [0.2, 0.25) is 0 Å². The number of methoxy groups -OCH3 is 1. The summed E-state index contributed by atoms with van der Waals surface area (Å²) in [6.07, 6.45) is 3.25. The first-order valence-corrected chi connectivity index (χ1v) is 14.5. The Morgan fingerprint density at radius 1 is 1.21 bits per heavy atom. The number of anilines is 2. The van der Waals surface area contributed by atoms with Crippen molar-refractivity contribution >= 4 is 27.6 Å². The first-order chi connectivity index (χ1) is 18.4. The Hall–Kier alpha value is -3.66. The number of nitrogens with one attached hydrogen (secondary N) is 1. The molecule has 10 heteroatoms. The molecule has 1 atom stereocenters. The van der Waals surface area contributed by atoms with Gasteiger partial charge in [0.1, 0.15) is 22.3 Å². The van der Waals surface area contributed by atoms with Crippen molar-refractivity contribution in [3.8, 4) is 17.0 Å². The zero-order valence-electron chi connectivity index (χ0n) is 23.6. The van der Waals surface area contributed by atoms with Crippen molar-refractivity contribution in [1.82, 2.24) is 14.7 Å². The Morgan fingerprint density at radius 3 is 2.56 bits per heavy atom. The van der Waals surface area contributed by atoms with Gasteiger partial charge in [0.25, 0.3) is 15.9 Å². The topological polar surface area (TPSA) is 105 Å². The maximum atomic E-state index is 13.6. The van der Waals surface area contributed by atoms with Crippen LogP contribution in [-0.2, 0) is 16.4 Å². The molecule has 0 saturated carbocycles. The molecule has 2 aromatic heterocycles. The van der Waals surface area contributed by atoms with Crippen LogP contribution in [0, 0.1) is 5.92 Å². The summed E-state index contributed by atoms with van der Waals surface area (Å²) >= 11 is 0. The highest BCUT2D eigenvalue weighted by Gasteiger charge is 2.39. The largest absolute Gasteiger partial charge is 0.497 e. The summed E-state index contributed by atoms with van der Waals surface area (Å²) in [6.45, 7) is 9.16. The van der Waals surface area contributed by atoms with E-state index in [4.69, 9.17) is 9.72 Å². The van der Waals surface area contributed by atoms with Crippen LogP contribution in [0.3, 0.4) is 0 Å². The summed E-state index contributed by atoms with van der Waals surface area (Å²) < 4.78 is 34.4. The number of aromatic nitrogens is 2. The predicted octanol–water partition coefficient (Wildman–Crippen LogP) is 4.52. The lowest BCUT2D eigenvalue weighted by Crippen LogP contribution is -2.41. The smallest absolute Gasteiger partial charge is 0.268 e. The minimum atomic E-state index is -4.21. The number of carbonyl (C=O) groups excluding carboxylic acids is 1. The lowest BCUT2D eigenvalue weighted by Gasteiger charge is -2.34. The van der Waals surface area contributed by atoms with Crippen LogP contribution in [0.15, 0.2) is 53.6 Å². The van der Waals surface area contributed by atoms with Gasteiger partial charge in [-0.25, -0.2) is 23.1 Å². The quantitative estimate of drug-likeness (QED) is 0.436. The fourth-order valence-electron chi connectivity index (χ4n) is 5.24. The predicted molar refractivity (Wildman–Crippen MR) is 154 cm³/mol. The average molecular weight is 552 g/mol. The van der Waals surface area contributed by atoms with Gasteiger partial charge in [-0.1, -0.05) is 13.8 Å². The van der Waals surface area contributed by atoms with Crippen molar-refractivity contribution in [3.63, 3.8) is 0 Å². The van der Waals surface area contributed by atoms with Crippen LogP contribution in [0.5, 0.6) is 5.75 Å². The van der Waals surface area contributed by atoms with Crippen molar-refractivity contribution in [2.24, 2.45) is 5.92 Å². The maximum Gasteiger partial charge on any atom is 0.268 e. The first kappa shape index (κ1) is 28.4. The molecule has 3 heterocycles. The van der Waals surface area contributed by atoms with Gasteiger partial charge >= 0.3 is 0 Å². The molecule has 1 aliphatic heterocycles. The van der Waals surface area contributed by atoms with E-state index in [1.807, 2.05) is 12.1 Å². The van der Waals surface area contributed by atoms with Crippen LogP contribution in [0.25, 0.3) is 11.3 Å². The first-order valence-electron chi connectivity index (χ1n) is 13.0. The van der Waals surface area contributed by atoms with Crippen molar-refractivity contribution in [1.29, 1.82) is 0 Å². The van der Waals surface area contributed by atoms with Gasteiger partial charge in [-0.2, -0.15) is 0 Å². The number of hydrogen-bond donors (Lipinski definition) is 1. The van der Waals surface area contributed by atoms with Crippen molar-refractivity contribution in [2.45, 2.75) is 51.0 Å². The van der Waals surface area contributed by atoms with Crippen LogP contribution in [0.4, 0.5) is 11.6 Å². The van der Waals surface area contributed by atoms with E-state index < -0.39 is 15.9 Å². The highest BCUT2D eigenvalue weighted by molar-refractivity contribution is 7.90. The van der Waals surface area contributed by atoms with Gasteiger partial charge in [0.05, 0.1) is 18.4 Å². The molecule has 0 bridgehead atoms. The van der Waals surface area contributed by atoms with Gasteiger partial charge in [0, 0.05) is 37.9 Å². The van der Waals surface area contributed by atoms with Crippen LogP contribution >= 0.6 is 0 Å². The zero-order chi connectivity index (χ0) is 28.5. The molecule has 0 spiro atoms. The number of sulfonamides is 1.